The number of aryl methyl sites for hydroxylation is 1. The Balaban J connectivity index is 1.69. The molecule has 218 valence electrons. The van der Waals surface area contributed by atoms with E-state index in [1.165, 1.54) is 17.0 Å². The molecule has 1 fully saturated rings. The van der Waals surface area contributed by atoms with Crippen LogP contribution in [0.1, 0.15) is 43.7 Å². The van der Waals surface area contributed by atoms with Gasteiger partial charge in [0.1, 0.15) is 12.6 Å². The number of benzene rings is 3. The Morgan fingerprint density at radius 3 is 2.22 bits per heavy atom. The maximum atomic E-state index is 14.0. The van der Waals surface area contributed by atoms with Crippen molar-refractivity contribution in [3.05, 3.63) is 92.4 Å². The molecule has 1 aliphatic rings. The van der Waals surface area contributed by atoms with Crippen molar-refractivity contribution in [1.82, 2.24) is 10.2 Å². The van der Waals surface area contributed by atoms with Gasteiger partial charge in [0.05, 0.1) is 20.6 Å². The van der Waals surface area contributed by atoms with Gasteiger partial charge in [-0.1, -0.05) is 75.7 Å². The second-order valence-electron chi connectivity index (χ2n) is 10.2. The largest absolute Gasteiger partial charge is 0.352 e. The van der Waals surface area contributed by atoms with Crippen LogP contribution in [0.4, 0.5) is 5.69 Å². The van der Waals surface area contributed by atoms with Gasteiger partial charge in [-0.3, -0.25) is 13.9 Å². The summed E-state index contributed by atoms with van der Waals surface area (Å²) in [6.07, 6.45) is 3.88. The van der Waals surface area contributed by atoms with Crippen LogP contribution in [0.15, 0.2) is 76.1 Å². The fraction of sp³-hybridized carbons (Fsp3) is 0.333. The Labute approximate surface area is 260 Å². The second-order valence-corrected chi connectivity index (χ2v) is 13.8. The molecule has 0 spiro atoms. The lowest BCUT2D eigenvalue weighted by Crippen LogP contribution is -2.52. The summed E-state index contributed by atoms with van der Waals surface area (Å²) in [4.78, 5) is 28.8. The van der Waals surface area contributed by atoms with E-state index in [1.54, 1.807) is 61.5 Å². The summed E-state index contributed by atoms with van der Waals surface area (Å²) in [6, 6.07) is 17.3. The van der Waals surface area contributed by atoms with Crippen LogP contribution < -0.4 is 9.62 Å². The number of amides is 2. The van der Waals surface area contributed by atoms with Crippen molar-refractivity contribution in [2.75, 3.05) is 10.8 Å². The Bertz CT molecular complexity index is 1500. The van der Waals surface area contributed by atoms with Crippen LogP contribution in [0.2, 0.25) is 10.0 Å². The zero-order valence-corrected chi connectivity index (χ0v) is 26.7. The topological polar surface area (TPSA) is 86.8 Å². The lowest BCUT2D eigenvalue weighted by atomic mass is 10.1. The van der Waals surface area contributed by atoms with E-state index in [9.17, 15) is 18.0 Å². The lowest BCUT2D eigenvalue weighted by Gasteiger charge is -2.32. The number of nitrogens with one attached hydrogen (secondary N) is 1. The van der Waals surface area contributed by atoms with E-state index in [2.05, 4.69) is 21.2 Å². The third-order valence-corrected chi connectivity index (χ3v) is 10.3. The molecule has 0 bridgehead atoms. The van der Waals surface area contributed by atoms with E-state index >= 15 is 0 Å². The van der Waals surface area contributed by atoms with Gasteiger partial charge in [0.2, 0.25) is 11.8 Å². The van der Waals surface area contributed by atoms with E-state index in [1.807, 2.05) is 6.92 Å². The van der Waals surface area contributed by atoms with E-state index in [-0.39, 0.29) is 23.4 Å². The number of anilines is 1. The van der Waals surface area contributed by atoms with Gasteiger partial charge in [0, 0.05) is 17.1 Å². The standard InChI is InChI=1S/C30H32BrCl2N3O4S/c1-20-7-14-26(15-8-20)41(39,40)36(25-12-10-23(31)11-13-25)19-29(37)35(18-22-9-16-27(32)28(33)17-22)21(2)30(38)34-24-5-3-4-6-24/h7-17,21,24H,3-6,18-19H2,1-2H3,(H,34,38)/t21-/m0/s1. The maximum absolute atomic E-state index is 14.0. The van der Waals surface area contributed by atoms with Gasteiger partial charge in [-0.25, -0.2) is 8.42 Å². The third-order valence-electron chi connectivity index (χ3n) is 7.21. The minimum absolute atomic E-state index is 0.0354. The molecule has 2 amide bonds. The minimum atomic E-state index is -4.13. The van der Waals surface area contributed by atoms with Crippen molar-refractivity contribution in [2.24, 2.45) is 0 Å². The molecule has 3 aromatic carbocycles. The van der Waals surface area contributed by atoms with Crippen LogP contribution in [-0.2, 0) is 26.2 Å². The van der Waals surface area contributed by atoms with E-state index in [0.29, 0.717) is 21.3 Å². The van der Waals surface area contributed by atoms with Crippen LogP contribution >= 0.6 is 39.1 Å². The van der Waals surface area contributed by atoms with Crippen molar-refractivity contribution < 1.29 is 18.0 Å². The molecule has 1 atom stereocenters. The summed E-state index contributed by atoms with van der Waals surface area (Å²) >= 11 is 15.7. The highest BCUT2D eigenvalue weighted by Crippen LogP contribution is 2.28. The average molecular weight is 681 g/mol. The predicted molar refractivity (Wildman–Crippen MR) is 167 cm³/mol. The Morgan fingerprint density at radius 2 is 1.61 bits per heavy atom. The van der Waals surface area contributed by atoms with Crippen LogP contribution in [0.25, 0.3) is 0 Å². The van der Waals surface area contributed by atoms with Crippen molar-refractivity contribution in [1.29, 1.82) is 0 Å². The Kier molecular flexibility index (Phi) is 10.4. The number of hydrogen-bond donors (Lipinski definition) is 1. The molecule has 0 saturated heterocycles. The Morgan fingerprint density at radius 1 is 0.976 bits per heavy atom. The molecule has 41 heavy (non-hydrogen) atoms. The van der Waals surface area contributed by atoms with Crippen molar-refractivity contribution >= 4 is 66.7 Å². The summed E-state index contributed by atoms with van der Waals surface area (Å²) in [6.45, 7) is 3.04. The highest BCUT2D eigenvalue weighted by Gasteiger charge is 2.33. The SMILES string of the molecule is Cc1ccc(S(=O)(=O)N(CC(=O)N(Cc2ccc(Cl)c(Cl)c2)[C@@H](C)C(=O)NC2CCCC2)c2ccc(Br)cc2)cc1. The number of carbonyl (C=O) groups is 2. The number of rotatable bonds is 10. The molecular formula is C30H32BrCl2N3O4S. The Hall–Kier alpha value is -2.59. The average Bonchev–Trinajstić information content (AvgIpc) is 3.45. The van der Waals surface area contributed by atoms with Gasteiger partial charge in [0.25, 0.3) is 10.0 Å². The summed E-state index contributed by atoms with van der Waals surface area (Å²) in [5.41, 5.74) is 1.88. The first kappa shape index (κ1) is 31.3. The molecule has 4 rings (SSSR count). The number of halogens is 3. The van der Waals surface area contributed by atoms with Crippen molar-refractivity contribution in [2.45, 2.75) is 63.1 Å². The summed E-state index contributed by atoms with van der Waals surface area (Å²) < 4.78 is 29.6. The zero-order valence-electron chi connectivity index (χ0n) is 22.8. The smallest absolute Gasteiger partial charge is 0.264 e. The fourth-order valence-electron chi connectivity index (χ4n) is 4.78. The zero-order chi connectivity index (χ0) is 29.7. The second kappa shape index (κ2) is 13.6. The molecule has 0 heterocycles. The first-order chi connectivity index (χ1) is 19.5. The summed E-state index contributed by atoms with van der Waals surface area (Å²) in [5.74, 6) is -0.828. The molecule has 11 heteroatoms. The lowest BCUT2D eigenvalue weighted by molar-refractivity contribution is -0.139. The van der Waals surface area contributed by atoms with Gasteiger partial charge in [-0.05, 0) is 80.8 Å². The molecule has 1 saturated carbocycles. The van der Waals surface area contributed by atoms with Crippen molar-refractivity contribution in [3.8, 4) is 0 Å². The predicted octanol–water partition coefficient (Wildman–Crippen LogP) is 6.74. The molecule has 0 aromatic heterocycles. The molecule has 3 aromatic rings. The summed E-state index contributed by atoms with van der Waals surface area (Å²) in [7, 11) is -4.13. The quantitative estimate of drug-likeness (QED) is 0.257. The third kappa shape index (κ3) is 7.83. The molecular weight excluding hydrogens is 649 g/mol. The van der Waals surface area contributed by atoms with E-state index in [0.717, 1.165) is 40.0 Å². The molecule has 0 unspecified atom stereocenters. The molecule has 0 aliphatic heterocycles. The first-order valence-corrected chi connectivity index (χ1v) is 16.3. The van der Waals surface area contributed by atoms with Crippen LogP contribution in [-0.4, -0.2) is 43.8 Å². The summed E-state index contributed by atoms with van der Waals surface area (Å²) in [5, 5.41) is 3.74. The highest BCUT2D eigenvalue weighted by atomic mass is 79.9. The van der Waals surface area contributed by atoms with E-state index in [4.69, 9.17) is 23.2 Å². The van der Waals surface area contributed by atoms with Gasteiger partial charge < -0.3 is 10.2 Å². The highest BCUT2D eigenvalue weighted by molar-refractivity contribution is 9.10. The fourth-order valence-corrected chi connectivity index (χ4v) is 6.78. The van der Waals surface area contributed by atoms with Crippen LogP contribution in [0.5, 0.6) is 0 Å². The van der Waals surface area contributed by atoms with Gasteiger partial charge in [0.15, 0.2) is 0 Å². The van der Waals surface area contributed by atoms with E-state index < -0.39 is 28.5 Å². The molecule has 1 aliphatic carbocycles. The minimum Gasteiger partial charge on any atom is -0.352 e. The number of nitrogens with zero attached hydrogens (tertiary/aromatic N) is 2. The number of carbonyl (C=O) groups excluding carboxylic acids is 2. The van der Waals surface area contributed by atoms with Crippen LogP contribution in [0, 0.1) is 6.92 Å². The van der Waals surface area contributed by atoms with Crippen LogP contribution in [0.3, 0.4) is 0 Å². The van der Waals surface area contributed by atoms with Gasteiger partial charge in [-0.2, -0.15) is 0 Å². The van der Waals surface area contributed by atoms with Crippen molar-refractivity contribution in [3.63, 3.8) is 0 Å². The number of hydrogen-bond acceptors (Lipinski definition) is 4. The van der Waals surface area contributed by atoms with Gasteiger partial charge >= 0.3 is 0 Å². The van der Waals surface area contributed by atoms with Gasteiger partial charge in [-0.15, -0.1) is 0 Å². The molecule has 0 radical (unpaired) electrons. The first-order valence-electron chi connectivity index (χ1n) is 13.3. The normalized spacial score (nSPS) is 14.5. The monoisotopic (exact) mass is 679 g/mol. The molecule has 7 nitrogen and oxygen atoms in total. The number of sulfonamides is 1. The maximum Gasteiger partial charge on any atom is 0.264 e. The molecule has 1 N–H and O–H groups in total.